The Kier molecular flexibility index (Phi) is 5.20. The molecule has 1 aromatic rings. The Morgan fingerprint density at radius 1 is 1.55 bits per heavy atom. The highest BCUT2D eigenvalue weighted by Crippen LogP contribution is 2.25. The number of anilines is 1. The third-order valence-corrected chi connectivity index (χ3v) is 4.01. The van der Waals surface area contributed by atoms with E-state index in [1.807, 2.05) is 4.90 Å². The number of nitrogens with zero attached hydrogens (tertiary/aromatic N) is 2. The van der Waals surface area contributed by atoms with Crippen LogP contribution in [0.3, 0.4) is 0 Å². The van der Waals surface area contributed by atoms with Crippen molar-refractivity contribution in [2.75, 3.05) is 12.0 Å². The fourth-order valence-corrected chi connectivity index (χ4v) is 2.90. The van der Waals surface area contributed by atoms with Crippen molar-refractivity contribution in [3.05, 3.63) is 22.8 Å². The van der Waals surface area contributed by atoms with Crippen LogP contribution in [0.2, 0.25) is 5.02 Å². The number of hydrogen-bond donors (Lipinski definition) is 2. The van der Waals surface area contributed by atoms with Gasteiger partial charge in [0.25, 0.3) is 5.91 Å². The number of hydrogen-bond acceptors (Lipinski definition) is 4. The van der Waals surface area contributed by atoms with E-state index in [0.29, 0.717) is 16.9 Å². The summed E-state index contributed by atoms with van der Waals surface area (Å²) in [5.41, 5.74) is 2.73. The highest BCUT2D eigenvalue weighted by atomic mass is 35.5. The average Bonchev–Trinajstić information content (AvgIpc) is 2.48. The van der Waals surface area contributed by atoms with Crippen molar-refractivity contribution in [3.8, 4) is 0 Å². The van der Waals surface area contributed by atoms with Gasteiger partial charge in [-0.1, -0.05) is 24.9 Å². The lowest BCUT2D eigenvalue weighted by atomic mass is 9.98. The molecule has 1 unspecified atom stereocenters. The number of halogens is 1. The summed E-state index contributed by atoms with van der Waals surface area (Å²) < 4.78 is 0. The number of aromatic nitrogens is 1. The number of rotatable bonds is 4. The first kappa shape index (κ1) is 15.1. The Balaban J connectivity index is 2.24. The number of nitrogen functional groups attached to an aromatic ring is 1. The summed E-state index contributed by atoms with van der Waals surface area (Å²) in [5, 5.41) is 0.370. The number of piperidine rings is 1. The fourth-order valence-electron chi connectivity index (χ4n) is 2.71. The molecule has 1 aliphatic rings. The Hall–Kier alpha value is -1.33. The van der Waals surface area contributed by atoms with Gasteiger partial charge in [0.1, 0.15) is 11.5 Å². The molecule has 0 spiro atoms. The highest BCUT2D eigenvalue weighted by Gasteiger charge is 2.28. The van der Waals surface area contributed by atoms with Gasteiger partial charge >= 0.3 is 0 Å². The molecule has 6 heteroatoms. The van der Waals surface area contributed by atoms with E-state index in [1.165, 1.54) is 6.42 Å². The lowest BCUT2D eigenvalue weighted by Crippen LogP contribution is -2.44. The minimum absolute atomic E-state index is 0.0924. The van der Waals surface area contributed by atoms with Crippen LogP contribution in [0.25, 0.3) is 0 Å². The van der Waals surface area contributed by atoms with Gasteiger partial charge in [-0.25, -0.2) is 10.8 Å². The van der Waals surface area contributed by atoms with Gasteiger partial charge in [-0.3, -0.25) is 4.79 Å². The highest BCUT2D eigenvalue weighted by molar-refractivity contribution is 6.33. The molecule has 2 heterocycles. The van der Waals surface area contributed by atoms with Crippen molar-refractivity contribution >= 4 is 23.3 Å². The second kappa shape index (κ2) is 6.90. The molecular formula is C14H21ClN4O. The predicted octanol–water partition coefficient (Wildman–Crippen LogP) is 2.82. The molecule has 1 aliphatic heterocycles. The molecule has 1 atom stereocenters. The topological polar surface area (TPSA) is 71.2 Å². The SMILES string of the molecule is CCCC1CCCCN1C(=O)c1nc(NN)ccc1Cl. The summed E-state index contributed by atoms with van der Waals surface area (Å²) in [6.07, 6.45) is 5.38. The van der Waals surface area contributed by atoms with Crippen LogP contribution in [0.15, 0.2) is 12.1 Å². The molecular weight excluding hydrogens is 276 g/mol. The largest absolute Gasteiger partial charge is 0.334 e. The number of carbonyl (C=O) groups excluding carboxylic acids is 1. The lowest BCUT2D eigenvalue weighted by Gasteiger charge is -2.35. The average molecular weight is 297 g/mol. The first-order valence-corrected chi connectivity index (χ1v) is 7.49. The van der Waals surface area contributed by atoms with E-state index in [2.05, 4.69) is 17.3 Å². The van der Waals surface area contributed by atoms with E-state index in [4.69, 9.17) is 17.4 Å². The first-order valence-electron chi connectivity index (χ1n) is 7.11. The second-order valence-electron chi connectivity index (χ2n) is 5.11. The maximum Gasteiger partial charge on any atom is 0.274 e. The minimum atomic E-state index is -0.0924. The standard InChI is InChI=1S/C14H21ClN4O/c1-2-5-10-6-3-4-9-19(10)14(20)13-11(15)7-8-12(17-13)18-16/h7-8,10H,2-6,9,16H2,1H3,(H,17,18). The van der Waals surface area contributed by atoms with Gasteiger partial charge in [-0.05, 0) is 37.8 Å². The number of pyridine rings is 1. The van der Waals surface area contributed by atoms with Gasteiger partial charge in [0.15, 0.2) is 0 Å². The Bertz CT molecular complexity index is 478. The smallest absolute Gasteiger partial charge is 0.274 e. The van der Waals surface area contributed by atoms with Crippen LogP contribution in [0, 0.1) is 0 Å². The zero-order valence-corrected chi connectivity index (χ0v) is 12.5. The molecule has 0 aliphatic carbocycles. The van der Waals surface area contributed by atoms with Crippen LogP contribution in [-0.2, 0) is 0 Å². The molecule has 3 N–H and O–H groups in total. The Morgan fingerprint density at radius 3 is 3.05 bits per heavy atom. The van der Waals surface area contributed by atoms with E-state index in [1.54, 1.807) is 12.1 Å². The molecule has 1 aromatic heterocycles. The lowest BCUT2D eigenvalue weighted by molar-refractivity contribution is 0.0595. The fraction of sp³-hybridized carbons (Fsp3) is 0.571. The number of nitrogens with one attached hydrogen (secondary N) is 1. The summed E-state index contributed by atoms with van der Waals surface area (Å²) in [7, 11) is 0. The molecule has 1 amide bonds. The monoisotopic (exact) mass is 296 g/mol. The summed E-state index contributed by atoms with van der Waals surface area (Å²) in [4.78, 5) is 18.8. The normalized spacial score (nSPS) is 18.9. The van der Waals surface area contributed by atoms with Crippen molar-refractivity contribution in [3.63, 3.8) is 0 Å². The second-order valence-corrected chi connectivity index (χ2v) is 5.52. The van der Waals surface area contributed by atoms with Crippen molar-refractivity contribution in [2.45, 2.75) is 45.1 Å². The molecule has 5 nitrogen and oxygen atoms in total. The van der Waals surface area contributed by atoms with Gasteiger partial charge in [0.2, 0.25) is 0 Å². The van der Waals surface area contributed by atoms with Crippen molar-refractivity contribution in [1.82, 2.24) is 9.88 Å². The van der Waals surface area contributed by atoms with Gasteiger partial charge < -0.3 is 10.3 Å². The van der Waals surface area contributed by atoms with Crippen LogP contribution in [0.4, 0.5) is 5.82 Å². The molecule has 0 radical (unpaired) electrons. The molecule has 2 rings (SSSR count). The minimum Gasteiger partial charge on any atom is -0.334 e. The maximum absolute atomic E-state index is 12.7. The third kappa shape index (κ3) is 3.22. The van der Waals surface area contributed by atoms with E-state index < -0.39 is 0 Å². The van der Waals surface area contributed by atoms with E-state index in [0.717, 1.165) is 32.2 Å². The van der Waals surface area contributed by atoms with E-state index in [-0.39, 0.29) is 11.6 Å². The molecule has 0 aromatic carbocycles. The molecule has 20 heavy (non-hydrogen) atoms. The van der Waals surface area contributed by atoms with Crippen molar-refractivity contribution in [1.29, 1.82) is 0 Å². The molecule has 110 valence electrons. The Labute approximate surface area is 124 Å². The van der Waals surface area contributed by atoms with Gasteiger partial charge in [0, 0.05) is 12.6 Å². The zero-order valence-electron chi connectivity index (χ0n) is 11.7. The van der Waals surface area contributed by atoms with Gasteiger partial charge in [-0.2, -0.15) is 0 Å². The number of nitrogens with two attached hydrogens (primary N) is 1. The van der Waals surface area contributed by atoms with Gasteiger partial charge in [0.05, 0.1) is 5.02 Å². The van der Waals surface area contributed by atoms with Crippen LogP contribution >= 0.6 is 11.6 Å². The van der Waals surface area contributed by atoms with Crippen molar-refractivity contribution < 1.29 is 4.79 Å². The predicted molar refractivity (Wildman–Crippen MR) is 80.6 cm³/mol. The van der Waals surface area contributed by atoms with Crippen LogP contribution < -0.4 is 11.3 Å². The maximum atomic E-state index is 12.7. The summed E-state index contributed by atoms with van der Waals surface area (Å²) in [6.45, 7) is 2.92. The van der Waals surface area contributed by atoms with E-state index in [9.17, 15) is 4.79 Å². The van der Waals surface area contributed by atoms with Crippen LogP contribution in [0.1, 0.15) is 49.5 Å². The molecule has 1 fully saturated rings. The molecule has 0 saturated carbocycles. The number of hydrazine groups is 1. The van der Waals surface area contributed by atoms with Crippen LogP contribution in [-0.4, -0.2) is 28.4 Å². The summed E-state index contributed by atoms with van der Waals surface area (Å²) in [6, 6.07) is 3.60. The van der Waals surface area contributed by atoms with Gasteiger partial charge in [-0.15, -0.1) is 0 Å². The number of amides is 1. The molecule has 1 saturated heterocycles. The first-order chi connectivity index (χ1) is 9.67. The number of carbonyl (C=O) groups is 1. The molecule has 0 bridgehead atoms. The third-order valence-electron chi connectivity index (χ3n) is 3.71. The summed E-state index contributed by atoms with van der Waals surface area (Å²) in [5.74, 6) is 5.70. The van der Waals surface area contributed by atoms with E-state index >= 15 is 0 Å². The quantitative estimate of drug-likeness (QED) is 0.662. The van der Waals surface area contributed by atoms with Crippen LogP contribution in [0.5, 0.6) is 0 Å². The zero-order chi connectivity index (χ0) is 14.5. The Morgan fingerprint density at radius 2 is 2.35 bits per heavy atom. The van der Waals surface area contributed by atoms with Crippen molar-refractivity contribution in [2.24, 2.45) is 5.84 Å². The summed E-state index contributed by atoms with van der Waals surface area (Å²) >= 11 is 6.11. The number of likely N-dealkylation sites (tertiary alicyclic amines) is 1.